The highest BCUT2D eigenvalue weighted by Crippen LogP contribution is 2.32. The van der Waals surface area contributed by atoms with Gasteiger partial charge >= 0.3 is 0 Å². The van der Waals surface area contributed by atoms with E-state index in [0.717, 1.165) is 17.1 Å². The third kappa shape index (κ3) is 4.09. The average Bonchev–Trinajstić information content (AvgIpc) is 3.15. The first kappa shape index (κ1) is 17.1. The number of amides is 1. The van der Waals surface area contributed by atoms with E-state index in [-0.39, 0.29) is 12.7 Å². The lowest BCUT2D eigenvalue weighted by Crippen LogP contribution is -2.13. The van der Waals surface area contributed by atoms with Crippen LogP contribution in [0.5, 0.6) is 11.5 Å². The first-order chi connectivity index (χ1) is 13.2. The van der Waals surface area contributed by atoms with Crippen LogP contribution in [0.4, 0.5) is 11.6 Å². The van der Waals surface area contributed by atoms with Gasteiger partial charge in [-0.05, 0) is 48.0 Å². The number of aromatic nitrogens is 2. The summed E-state index contributed by atoms with van der Waals surface area (Å²) in [5, 5.41) is 14.4. The number of ether oxygens (including phenoxy) is 2. The zero-order valence-corrected chi connectivity index (χ0v) is 14.9. The predicted octanol–water partition coefficient (Wildman–Crippen LogP) is 3.72. The molecule has 4 rings (SSSR count). The fourth-order valence-electron chi connectivity index (χ4n) is 2.55. The number of carbonyl (C=O) groups is 1. The lowest BCUT2D eigenvalue weighted by molar-refractivity contribution is 0.102. The minimum absolute atomic E-state index is 0.250. The number of rotatable bonds is 5. The van der Waals surface area contributed by atoms with Crippen molar-refractivity contribution >= 4 is 29.1 Å². The van der Waals surface area contributed by atoms with Gasteiger partial charge in [0.1, 0.15) is 5.82 Å². The van der Waals surface area contributed by atoms with Crippen molar-refractivity contribution in [2.45, 2.75) is 6.54 Å². The molecule has 1 aliphatic rings. The van der Waals surface area contributed by atoms with Crippen LogP contribution >= 0.6 is 11.6 Å². The van der Waals surface area contributed by atoms with Gasteiger partial charge in [-0.3, -0.25) is 4.79 Å². The van der Waals surface area contributed by atoms with Crippen LogP contribution in [0.1, 0.15) is 15.9 Å². The molecule has 7 nitrogen and oxygen atoms in total. The summed E-state index contributed by atoms with van der Waals surface area (Å²) in [5.41, 5.74) is 1.48. The molecular formula is C19H15ClN4O3. The topological polar surface area (TPSA) is 85.4 Å². The summed E-state index contributed by atoms with van der Waals surface area (Å²) in [7, 11) is 0. The first-order valence-corrected chi connectivity index (χ1v) is 8.58. The average molecular weight is 383 g/mol. The summed E-state index contributed by atoms with van der Waals surface area (Å²) in [6.07, 6.45) is 0. The third-order valence-corrected chi connectivity index (χ3v) is 4.14. The molecule has 8 heteroatoms. The Kier molecular flexibility index (Phi) is 4.76. The highest BCUT2D eigenvalue weighted by Gasteiger charge is 2.13. The molecule has 0 radical (unpaired) electrons. The maximum atomic E-state index is 12.2. The van der Waals surface area contributed by atoms with E-state index in [9.17, 15) is 4.79 Å². The summed E-state index contributed by atoms with van der Waals surface area (Å²) >= 11 is 5.90. The van der Waals surface area contributed by atoms with Crippen LogP contribution < -0.4 is 20.1 Å². The number of carbonyl (C=O) groups excluding carboxylic acids is 1. The summed E-state index contributed by atoms with van der Waals surface area (Å²) in [6.45, 7) is 0.805. The lowest BCUT2D eigenvalue weighted by Gasteiger charge is -2.08. The van der Waals surface area contributed by atoms with E-state index < -0.39 is 0 Å². The Morgan fingerprint density at radius 1 is 1.00 bits per heavy atom. The zero-order valence-electron chi connectivity index (χ0n) is 14.1. The Morgan fingerprint density at radius 3 is 2.63 bits per heavy atom. The molecule has 27 heavy (non-hydrogen) atoms. The molecule has 0 saturated carbocycles. The molecule has 1 aromatic heterocycles. The number of fused-ring (bicyclic) bond motifs is 1. The largest absolute Gasteiger partial charge is 0.454 e. The van der Waals surface area contributed by atoms with Crippen LogP contribution in [0.3, 0.4) is 0 Å². The maximum Gasteiger partial charge on any atom is 0.256 e. The predicted molar refractivity (Wildman–Crippen MR) is 101 cm³/mol. The van der Waals surface area contributed by atoms with E-state index in [2.05, 4.69) is 20.8 Å². The van der Waals surface area contributed by atoms with E-state index in [0.29, 0.717) is 28.8 Å². The fourth-order valence-corrected chi connectivity index (χ4v) is 2.75. The van der Waals surface area contributed by atoms with E-state index in [1.165, 1.54) is 0 Å². The summed E-state index contributed by atoms with van der Waals surface area (Å²) < 4.78 is 10.7. The highest BCUT2D eigenvalue weighted by molar-refractivity contribution is 6.31. The normalized spacial score (nSPS) is 11.9. The molecule has 3 aromatic rings. The van der Waals surface area contributed by atoms with Gasteiger partial charge in [-0.15, -0.1) is 10.2 Å². The van der Waals surface area contributed by atoms with Crippen LogP contribution in [0.2, 0.25) is 5.02 Å². The lowest BCUT2D eigenvalue weighted by atomic mass is 10.2. The van der Waals surface area contributed by atoms with Gasteiger partial charge in [0.2, 0.25) is 6.79 Å². The molecule has 0 fully saturated rings. The molecule has 0 aliphatic carbocycles. The quantitative estimate of drug-likeness (QED) is 0.699. The summed E-state index contributed by atoms with van der Waals surface area (Å²) in [4.78, 5) is 12.2. The van der Waals surface area contributed by atoms with Crippen molar-refractivity contribution < 1.29 is 14.3 Å². The molecule has 2 heterocycles. The Bertz CT molecular complexity index is 979. The first-order valence-electron chi connectivity index (χ1n) is 8.20. The van der Waals surface area contributed by atoms with Gasteiger partial charge in [-0.2, -0.15) is 0 Å². The SMILES string of the molecule is O=C(Nc1ccc(NCc2ccc3c(c2)OCO3)nn1)c1cccc(Cl)c1. The molecule has 0 spiro atoms. The van der Waals surface area contributed by atoms with Gasteiger partial charge in [0.15, 0.2) is 17.3 Å². The number of hydrogen-bond acceptors (Lipinski definition) is 6. The van der Waals surface area contributed by atoms with Gasteiger partial charge in [0.25, 0.3) is 5.91 Å². The number of benzene rings is 2. The van der Waals surface area contributed by atoms with Crippen molar-refractivity contribution in [1.82, 2.24) is 10.2 Å². The van der Waals surface area contributed by atoms with Crippen molar-refractivity contribution in [3.05, 3.63) is 70.7 Å². The van der Waals surface area contributed by atoms with Gasteiger partial charge in [-0.25, -0.2) is 0 Å². The number of anilines is 2. The third-order valence-electron chi connectivity index (χ3n) is 3.90. The van der Waals surface area contributed by atoms with Crippen molar-refractivity contribution in [3.8, 4) is 11.5 Å². The van der Waals surface area contributed by atoms with Crippen LogP contribution in [0.25, 0.3) is 0 Å². The van der Waals surface area contributed by atoms with E-state index >= 15 is 0 Å². The molecule has 0 atom stereocenters. The number of hydrogen-bond donors (Lipinski definition) is 2. The van der Waals surface area contributed by atoms with Crippen LogP contribution in [-0.4, -0.2) is 22.9 Å². The second-order valence-corrected chi connectivity index (χ2v) is 6.25. The van der Waals surface area contributed by atoms with Gasteiger partial charge in [0, 0.05) is 17.1 Å². The summed E-state index contributed by atoms with van der Waals surface area (Å²) in [6, 6.07) is 15.9. The molecule has 2 N–H and O–H groups in total. The van der Waals surface area contributed by atoms with Crippen molar-refractivity contribution in [1.29, 1.82) is 0 Å². The minimum atomic E-state index is -0.298. The number of nitrogens with one attached hydrogen (secondary N) is 2. The Morgan fingerprint density at radius 2 is 1.81 bits per heavy atom. The van der Waals surface area contributed by atoms with E-state index in [4.69, 9.17) is 21.1 Å². The maximum absolute atomic E-state index is 12.2. The second-order valence-electron chi connectivity index (χ2n) is 5.81. The number of halogens is 1. The molecule has 0 bridgehead atoms. The van der Waals surface area contributed by atoms with Gasteiger partial charge in [-0.1, -0.05) is 23.7 Å². The standard InChI is InChI=1S/C19H15ClN4O3/c20-14-3-1-2-13(9-14)19(25)22-18-7-6-17(23-24-18)21-10-12-4-5-15-16(8-12)27-11-26-15/h1-9H,10-11H2,(H,21,23)(H,22,24,25). The smallest absolute Gasteiger partial charge is 0.256 e. The molecule has 1 aliphatic heterocycles. The fraction of sp³-hybridized carbons (Fsp3) is 0.105. The van der Waals surface area contributed by atoms with Gasteiger partial charge < -0.3 is 20.1 Å². The van der Waals surface area contributed by atoms with Crippen LogP contribution in [0, 0.1) is 0 Å². The van der Waals surface area contributed by atoms with Crippen molar-refractivity contribution in [3.63, 3.8) is 0 Å². The summed E-state index contributed by atoms with van der Waals surface area (Å²) in [5.74, 6) is 2.13. The number of nitrogens with zero attached hydrogens (tertiary/aromatic N) is 2. The highest BCUT2D eigenvalue weighted by atomic mass is 35.5. The molecule has 136 valence electrons. The van der Waals surface area contributed by atoms with Gasteiger partial charge in [0.05, 0.1) is 0 Å². The Hall–Kier alpha value is -3.32. The minimum Gasteiger partial charge on any atom is -0.454 e. The van der Waals surface area contributed by atoms with Crippen molar-refractivity contribution in [2.24, 2.45) is 0 Å². The monoisotopic (exact) mass is 382 g/mol. The molecule has 0 saturated heterocycles. The molecule has 2 aromatic carbocycles. The Labute approximate surface area is 160 Å². The molecular weight excluding hydrogens is 368 g/mol. The molecule has 0 unspecified atom stereocenters. The van der Waals surface area contributed by atoms with E-state index in [1.807, 2.05) is 18.2 Å². The van der Waals surface area contributed by atoms with Crippen LogP contribution in [0.15, 0.2) is 54.6 Å². The molecule has 1 amide bonds. The second kappa shape index (κ2) is 7.51. The van der Waals surface area contributed by atoms with Crippen LogP contribution in [-0.2, 0) is 6.54 Å². The Balaban J connectivity index is 1.35. The zero-order chi connectivity index (χ0) is 18.6. The van der Waals surface area contributed by atoms with Crippen molar-refractivity contribution in [2.75, 3.05) is 17.4 Å². The van der Waals surface area contributed by atoms with E-state index in [1.54, 1.807) is 36.4 Å².